The second-order valence-electron chi connectivity index (χ2n) is 6.19. The van der Waals surface area contributed by atoms with Crippen LogP contribution in [-0.2, 0) is 29.1 Å². The zero-order chi connectivity index (χ0) is 18.0. The van der Waals surface area contributed by atoms with Gasteiger partial charge in [-0.15, -0.1) is 10.2 Å². The average Bonchev–Trinajstić information content (AvgIpc) is 3.08. The number of halogens is 1. The molecule has 0 N–H and O–H groups in total. The van der Waals surface area contributed by atoms with Crippen molar-refractivity contribution in [2.45, 2.75) is 23.8 Å². The standard InChI is InChI=1S/C16H20FN3O3S2/c1-20-15(8-12-5-6-25(21,22)10-12)18-19-16(20)24-9-11-3-4-14(23-2)13(17)7-11/h3-4,7,12H,5-6,8-10H2,1-2H3/t12-/m0/s1. The summed E-state index contributed by atoms with van der Waals surface area (Å²) in [5.74, 6) is 1.79. The predicted octanol–water partition coefficient (Wildman–Crippen LogP) is 2.23. The van der Waals surface area contributed by atoms with Gasteiger partial charge in [0.2, 0.25) is 0 Å². The zero-order valence-corrected chi connectivity index (χ0v) is 15.7. The van der Waals surface area contributed by atoms with Gasteiger partial charge >= 0.3 is 0 Å². The molecule has 0 aliphatic carbocycles. The summed E-state index contributed by atoms with van der Waals surface area (Å²) in [6, 6.07) is 4.87. The van der Waals surface area contributed by atoms with Gasteiger partial charge in [-0.1, -0.05) is 17.8 Å². The van der Waals surface area contributed by atoms with Crippen LogP contribution in [0.3, 0.4) is 0 Å². The summed E-state index contributed by atoms with van der Waals surface area (Å²) < 4.78 is 43.7. The van der Waals surface area contributed by atoms with Crippen molar-refractivity contribution in [3.05, 3.63) is 35.4 Å². The Labute approximate surface area is 150 Å². The SMILES string of the molecule is COc1ccc(CSc2nnc(C[C@@H]3CCS(=O)(=O)C3)n2C)cc1F. The maximum Gasteiger partial charge on any atom is 0.191 e. The summed E-state index contributed by atoms with van der Waals surface area (Å²) in [7, 11) is 0.419. The van der Waals surface area contributed by atoms with E-state index in [1.165, 1.54) is 24.9 Å². The molecule has 0 unspecified atom stereocenters. The van der Waals surface area contributed by atoms with Crippen molar-refractivity contribution in [3.63, 3.8) is 0 Å². The van der Waals surface area contributed by atoms with Gasteiger partial charge in [-0.3, -0.25) is 0 Å². The van der Waals surface area contributed by atoms with Gasteiger partial charge in [-0.05, 0) is 30.0 Å². The van der Waals surface area contributed by atoms with Gasteiger partial charge in [0.1, 0.15) is 5.82 Å². The number of aromatic nitrogens is 3. The van der Waals surface area contributed by atoms with Crippen LogP contribution in [-0.4, -0.2) is 41.8 Å². The molecule has 136 valence electrons. The van der Waals surface area contributed by atoms with E-state index in [0.717, 1.165) is 16.5 Å². The quantitative estimate of drug-likeness (QED) is 0.710. The molecule has 0 bridgehead atoms. The Hall–Kier alpha value is -1.61. The molecule has 0 radical (unpaired) electrons. The molecule has 1 saturated heterocycles. The van der Waals surface area contributed by atoms with Crippen LogP contribution in [0.15, 0.2) is 23.4 Å². The zero-order valence-electron chi connectivity index (χ0n) is 14.1. The summed E-state index contributed by atoms with van der Waals surface area (Å²) in [5.41, 5.74) is 0.828. The largest absolute Gasteiger partial charge is 0.494 e. The summed E-state index contributed by atoms with van der Waals surface area (Å²) >= 11 is 1.46. The first-order chi connectivity index (χ1) is 11.9. The van der Waals surface area contributed by atoms with Crippen molar-refractivity contribution in [3.8, 4) is 5.75 Å². The van der Waals surface area contributed by atoms with E-state index >= 15 is 0 Å². The number of nitrogens with zero attached hydrogens (tertiary/aromatic N) is 3. The average molecular weight is 385 g/mol. The molecule has 1 aliphatic rings. The number of thioether (sulfide) groups is 1. The highest BCUT2D eigenvalue weighted by Gasteiger charge is 2.29. The molecule has 1 fully saturated rings. The van der Waals surface area contributed by atoms with Crippen LogP contribution < -0.4 is 4.74 Å². The minimum atomic E-state index is -2.89. The Morgan fingerprint density at radius 2 is 2.20 bits per heavy atom. The fourth-order valence-corrected chi connectivity index (χ4v) is 5.62. The topological polar surface area (TPSA) is 74.1 Å². The first-order valence-corrected chi connectivity index (χ1v) is 10.7. The molecule has 1 aliphatic heterocycles. The van der Waals surface area contributed by atoms with E-state index in [-0.39, 0.29) is 29.0 Å². The van der Waals surface area contributed by atoms with Crippen molar-refractivity contribution < 1.29 is 17.5 Å². The van der Waals surface area contributed by atoms with Gasteiger partial charge in [-0.2, -0.15) is 0 Å². The fourth-order valence-electron chi connectivity index (χ4n) is 2.89. The molecule has 2 aromatic rings. The fraction of sp³-hybridized carbons (Fsp3) is 0.500. The molecule has 3 rings (SSSR count). The number of sulfone groups is 1. The summed E-state index contributed by atoms with van der Waals surface area (Å²) in [4.78, 5) is 0. The second-order valence-corrected chi connectivity index (χ2v) is 9.36. The van der Waals surface area contributed by atoms with Crippen LogP contribution in [0.25, 0.3) is 0 Å². The van der Waals surface area contributed by atoms with E-state index in [1.807, 2.05) is 17.7 Å². The molecule has 0 amide bonds. The number of hydrogen-bond donors (Lipinski definition) is 0. The first kappa shape index (κ1) is 18.2. The maximum absolute atomic E-state index is 13.7. The van der Waals surface area contributed by atoms with E-state index in [2.05, 4.69) is 10.2 Å². The molecule has 2 heterocycles. The highest BCUT2D eigenvalue weighted by Crippen LogP contribution is 2.26. The van der Waals surface area contributed by atoms with Crippen molar-refractivity contribution in [2.24, 2.45) is 13.0 Å². The minimum Gasteiger partial charge on any atom is -0.494 e. The van der Waals surface area contributed by atoms with Crippen molar-refractivity contribution in [1.29, 1.82) is 0 Å². The van der Waals surface area contributed by atoms with E-state index in [4.69, 9.17) is 4.74 Å². The summed E-state index contributed by atoms with van der Waals surface area (Å²) in [5, 5.41) is 9.09. The van der Waals surface area contributed by atoms with Gasteiger partial charge in [0.05, 0.1) is 18.6 Å². The molecular formula is C16H20FN3O3S2. The molecule has 25 heavy (non-hydrogen) atoms. The molecule has 1 atom stereocenters. The van der Waals surface area contributed by atoms with Crippen molar-refractivity contribution in [2.75, 3.05) is 18.6 Å². The Kier molecular flexibility index (Phi) is 5.33. The van der Waals surface area contributed by atoms with E-state index in [0.29, 0.717) is 18.6 Å². The lowest BCUT2D eigenvalue weighted by molar-refractivity contribution is 0.386. The molecule has 1 aromatic heterocycles. The van der Waals surface area contributed by atoms with Crippen LogP contribution in [0.5, 0.6) is 5.75 Å². The monoisotopic (exact) mass is 385 g/mol. The lowest BCUT2D eigenvalue weighted by Crippen LogP contribution is -2.11. The normalized spacial score (nSPS) is 19.2. The number of hydrogen-bond acceptors (Lipinski definition) is 6. The molecule has 0 saturated carbocycles. The second kappa shape index (κ2) is 7.33. The molecule has 6 nitrogen and oxygen atoms in total. The first-order valence-electron chi connectivity index (χ1n) is 7.92. The Morgan fingerprint density at radius 3 is 2.84 bits per heavy atom. The Bertz CT molecular complexity index is 868. The van der Waals surface area contributed by atoms with Crippen LogP contribution in [0.2, 0.25) is 0 Å². The van der Waals surface area contributed by atoms with Crippen LogP contribution in [0.4, 0.5) is 4.39 Å². The van der Waals surface area contributed by atoms with Gasteiger partial charge in [0, 0.05) is 19.2 Å². The highest BCUT2D eigenvalue weighted by molar-refractivity contribution is 7.98. The molecule has 9 heteroatoms. The lowest BCUT2D eigenvalue weighted by atomic mass is 10.1. The van der Waals surface area contributed by atoms with E-state index < -0.39 is 9.84 Å². The number of ether oxygens (including phenoxy) is 1. The summed E-state index contributed by atoms with van der Waals surface area (Å²) in [6.45, 7) is 0. The van der Waals surface area contributed by atoms with E-state index in [1.54, 1.807) is 6.07 Å². The highest BCUT2D eigenvalue weighted by atomic mass is 32.2. The number of benzene rings is 1. The van der Waals surface area contributed by atoms with Gasteiger partial charge in [0.25, 0.3) is 0 Å². The third-order valence-electron chi connectivity index (χ3n) is 4.31. The number of methoxy groups -OCH3 is 1. The minimum absolute atomic E-state index is 0.112. The van der Waals surface area contributed by atoms with E-state index in [9.17, 15) is 12.8 Å². The third-order valence-corrected chi connectivity index (χ3v) is 7.24. The van der Waals surface area contributed by atoms with Crippen LogP contribution in [0, 0.1) is 11.7 Å². The van der Waals surface area contributed by atoms with Crippen molar-refractivity contribution >= 4 is 21.6 Å². The summed E-state index contributed by atoms with van der Waals surface area (Å²) in [6.07, 6.45) is 1.29. The maximum atomic E-state index is 13.7. The smallest absolute Gasteiger partial charge is 0.191 e. The van der Waals surface area contributed by atoms with Crippen LogP contribution >= 0.6 is 11.8 Å². The molecule has 1 aromatic carbocycles. The molecular weight excluding hydrogens is 365 g/mol. The predicted molar refractivity (Wildman–Crippen MR) is 94.0 cm³/mol. The van der Waals surface area contributed by atoms with Gasteiger partial charge < -0.3 is 9.30 Å². The van der Waals surface area contributed by atoms with Crippen molar-refractivity contribution in [1.82, 2.24) is 14.8 Å². The lowest BCUT2D eigenvalue weighted by Gasteiger charge is -2.08. The van der Waals surface area contributed by atoms with Crippen LogP contribution in [0.1, 0.15) is 17.8 Å². The third kappa shape index (κ3) is 4.33. The van der Waals surface area contributed by atoms with Gasteiger partial charge in [0.15, 0.2) is 26.6 Å². The Morgan fingerprint density at radius 1 is 1.40 bits per heavy atom. The molecule has 0 spiro atoms. The number of rotatable bonds is 6. The Balaban J connectivity index is 1.62. The van der Waals surface area contributed by atoms with Gasteiger partial charge in [-0.25, -0.2) is 12.8 Å².